The van der Waals surface area contributed by atoms with Gasteiger partial charge in [0.1, 0.15) is 5.75 Å². The van der Waals surface area contributed by atoms with Gasteiger partial charge in [-0.15, -0.1) is 0 Å². The zero-order chi connectivity index (χ0) is 19.2. The van der Waals surface area contributed by atoms with Crippen molar-refractivity contribution in [3.63, 3.8) is 0 Å². The van der Waals surface area contributed by atoms with Gasteiger partial charge in [-0.2, -0.15) is 0 Å². The number of rotatable bonds is 8. The summed E-state index contributed by atoms with van der Waals surface area (Å²) in [5, 5.41) is 0.567. The van der Waals surface area contributed by atoms with Crippen molar-refractivity contribution in [1.82, 2.24) is 9.62 Å². The molecule has 0 saturated carbocycles. The van der Waals surface area contributed by atoms with Crippen LogP contribution in [0.3, 0.4) is 0 Å². The van der Waals surface area contributed by atoms with Crippen molar-refractivity contribution < 1.29 is 17.9 Å². The first kappa shape index (κ1) is 20.2. The Kier molecular flexibility index (Phi) is 7.02. The first-order chi connectivity index (χ1) is 12.3. The Morgan fingerprint density at radius 2 is 1.81 bits per heavy atom. The van der Waals surface area contributed by atoms with Crippen LogP contribution in [0.1, 0.15) is 12.5 Å². The van der Waals surface area contributed by atoms with Crippen LogP contribution in [0, 0.1) is 0 Å². The van der Waals surface area contributed by atoms with E-state index in [0.29, 0.717) is 17.3 Å². The molecule has 0 aliphatic heterocycles. The molecule has 2 rings (SSSR count). The molecular formula is C18H21ClN2O4S. The van der Waals surface area contributed by atoms with Crippen molar-refractivity contribution in [3.05, 3.63) is 59.1 Å². The van der Waals surface area contributed by atoms with Crippen molar-refractivity contribution in [2.24, 2.45) is 0 Å². The number of benzene rings is 2. The average Bonchev–Trinajstić information content (AvgIpc) is 2.62. The van der Waals surface area contributed by atoms with Gasteiger partial charge in [0.05, 0.1) is 12.0 Å². The van der Waals surface area contributed by atoms with Crippen LogP contribution in [0.2, 0.25) is 5.02 Å². The summed E-state index contributed by atoms with van der Waals surface area (Å²) in [6.07, 6.45) is 0. The summed E-state index contributed by atoms with van der Waals surface area (Å²) >= 11 is 6.12. The van der Waals surface area contributed by atoms with Crippen molar-refractivity contribution in [2.75, 3.05) is 20.2 Å². The maximum absolute atomic E-state index is 12.3. The maximum atomic E-state index is 12.3. The highest BCUT2D eigenvalue weighted by atomic mass is 35.5. The number of carbonyl (C=O) groups is 1. The van der Waals surface area contributed by atoms with Crippen LogP contribution in [0.25, 0.3) is 0 Å². The summed E-state index contributed by atoms with van der Waals surface area (Å²) in [6.45, 7) is 2.09. The number of nitrogens with zero attached hydrogens (tertiary/aromatic N) is 1. The number of nitrogens with one attached hydrogen (secondary N) is 1. The summed E-state index contributed by atoms with van der Waals surface area (Å²) in [4.78, 5) is 13.5. The smallest absolute Gasteiger partial charge is 0.240 e. The fourth-order valence-corrected chi connectivity index (χ4v) is 3.55. The highest BCUT2D eigenvalue weighted by Gasteiger charge is 2.16. The molecule has 0 bridgehead atoms. The van der Waals surface area contributed by atoms with E-state index in [-0.39, 0.29) is 23.9 Å². The fourth-order valence-electron chi connectivity index (χ4n) is 2.33. The van der Waals surface area contributed by atoms with Crippen LogP contribution in [0.4, 0.5) is 0 Å². The number of ether oxygens (including phenoxy) is 1. The largest absolute Gasteiger partial charge is 0.497 e. The normalized spacial score (nSPS) is 11.2. The minimum atomic E-state index is -3.66. The molecule has 0 atom stereocenters. The topological polar surface area (TPSA) is 75.7 Å². The molecule has 0 aliphatic rings. The van der Waals surface area contributed by atoms with Gasteiger partial charge in [-0.05, 0) is 35.9 Å². The van der Waals surface area contributed by atoms with Gasteiger partial charge in [0.15, 0.2) is 0 Å². The third-order valence-electron chi connectivity index (χ3n) is 3.81. The van der Waals surface area contributed by atoms with Gasteiger partial charge in [0.2, 0.25) is 15.9 Å². The predicted octanol–water partition coefficient (Wildman–Crippen LogP) is 2.68. The highest BCUT2D eigenvalue weighted by Crippen LogP contribution is 2.17. The number of amides is 1. The molecule has 26 heavy (non-hydrogen) atoms. The minimum absolute atomic E-state index is 0.0956. The van der Waals surface area contributed by atoms with Gasteiger partial charge in [-0.25, -0.2) is 13.1 Å². The summed E-state index contributed by atoms with van der Waals surface area (Å²) in [5.41, 5.74) is 0.808. The van der Waals surface area contributed by atoms with E-state index in [2.05, 4.69) is 4.72 Å². The molecule has 2 aromatic carbocycles. The molecular weight excluding hydrogens is 376 g/mol. The van der Waals surface area contributed by atoms with E-state index >= 15 is 0 Å². The number of sulfonamides is 1. The Bertz CT molecular complexity index is 854. The number of carbonyl (C=O) groups excluding carboxylic acids is 1. The van der Waals surface area contributed by atoms with Crippen molar-refractivity contribution in [2.45, 2.75) is 18.4 Å². The third kappa shape index (κ3) is 5.45. The molecule has 0 unspecified atom stereocenters. The van der Waals surface area contributed by atoms with Crippen LogP contribution in [0.15, 0.2) is 53.4 Å². The Morgan fingerprint density at radius 1 is 1.15 bits per heavy atom. The number of hydrogen-bond donors (Lipinski definition) is 1. The minimum Gasteiger partial charge on any atom is -0.497 e. The Balaban J connectivity index is 1.98. The summed E-state index contributed by atoms with van der Waals surface area (Å²) in [7, 11) is -2.15. The molecule has 6 nitrogen and oxygen atoms in total. The van der Waals surface area contributed by atoms with Gasteiger partial charge < -0.3 is 9.64 Å². The van der Waals surface area contributed by atoms with Gasteiger partial charge in [-0.1, -0.05) is 29.8 Å². The van der Waals surface area contributed by atoms with Crippen LogP contribution < -0.4 is 9.46 Å². The lowest BCUT2D eigenvalue weighted by Crippen LogP contribution is -2.37. The van der Waals surface area contributed by atoms with E-state index in [4.69, 9.17) is 16.3 Å². The molecule has 0 saturated heterocycles. The van der Waals surface area contributed by atoms with E-state index in [0.717, 1.165) is 5.56 Å². The predicted molar refractivity (Wildman–Crippen MR) is 101 cm³/mol. The monoisotopic (exact) mass is 396 g/mol. The molecule has 1 amide bonds. The van der Waals surface area contributed by atoms with E-state index in [1.54, 1.807) is 18.2 Å². The second-order valence-corrected chi connectivity index (χ2v) is 7.78. The first-order valence-corrected chi connectivity index (χ1v) is 9.82. The van der Waals surface area contributed by atoms with E-state index in [1.807, 2.05) is 18.2 Å². The lowest BCUT2D eigenvalue weighted by molar-refractivity contribution is -0.129. The molecule has 8 heteroatoms. The van der Waals surface area contributed by atoms with E-state index in [9.17, 15) is 13.2 Å². The molecule has 0 aliphatic carbocycles. The zero-order valence-corrected chi connectivity index (χ0v) is 16.2. The fraction of sp³-hybridized carbons (Fsp3) is 0.278. The number of halogens is 1. The standard InChI is InChI=1S/C18H21ClN2O4S/c1-14(22)21(13-15-5-3-4-6-18(15)19)12-11-20-26(23,24)17-9-7-16(25-2)8-10-17/h3-10,20H,11-13H2,1-2H3. The van der Waals surface area contributed by atoms with E-state index in [1.165, 1.54) is 31.1 Å². The van der Waals surface area contributed by atoms with Crippen LogP contribution in [-0.4, -0.2) is 39.4 Å². The van der Waals surface area contributed by atoms with E-state index < -0.39 is 10.0 Å². The lowest BCUT2D eigenvalue weighted by Gasteiger charge is -2.22. The quantitative estimate of drug-likeness (QED) is 0.744. The second kappa shape index (κ2) is 9.02. The summed E-state index contributed by atoms with van der Waals surface area (Å²) in [5.74, 6) is 0.417. The molecule has 0 aromatic heterocycles. The molecule has 0 fully saturated rings. The second-order valence-electron chi connectivity index (χ2n) is 5.61. The maximum Gasteiger partial charge on any atom is 0.240 e. The molecule has 140 valence electrons. The Hall–Kier alpha value is -2.09. The Labute approximate surface area is 158 Å². The van der Waals surface area contributed by atoms with Crippen LogP contribution in [0.5, 0.6) is 5.75 Å². The van der Waals surface area contributed by atoms with Gasteiger partial charge in [0, 0.05) is 31.6 Å². The molecule has 0 heterocycles. The molecule has 0 spiro atoms. The van der Waals surface area contributed by atoms with Crippen molar-refractivity contribution in [3.8, 4) is 5.75 Å². The lowest BCUT2D eigenvalue weighted by atomic mass is 10.2. The summed E-state index contributed by atoms with van der Waals surface area (Å²) in [6, 6.07) is 13.3. The number of methoxy groups -OCH3 is 1. The van der Waals surface area contributed by atoms with Crippen molar-refractivity contribution in [1.29, 1.82) is 0 Å². The number of hydrogen-bond acceptors (Lipinski definition) is 4. The van der Waals surface area contributed by atoms with Crippen LogP contribution in [-0.2, 0) is 21.4 Å². The Morgan fingerprint density at radius 3 is 2.38 bits per heavy atom. The SMILES string of the molecule is COc1ccc(S(=O)(=O)NCCN(Cc2ccccc2Cl)C(C)=O)cc1. The van der Waals surface area contributed by atoms with Gasteiger partial charge in [0.25, 0.3) is 0 Å². The van der Waals surface area contributed by atoms with Crippen LogP contribution >= 0.6 is 11.6 Å². The molecule has 0 radical (unpaired) electrons. The molecule has 2 aromatic rings. The third-order valence-corrected chi connectivity index (χ3v) is 5.65. The van der Waals surface area contributed by atoms with Gasteiger partial charge >= 0.3 is 0 Å². The summed E-state index contributed by atoms with van der Waals surface area (Å²) < 4.78 is 32.2. The highest BCUT2D eigenvalue weighted by molar-refractivity contribution is 7.89. The zero-order valence-electron chi connectivity index (χ0n) is 14.6. The van der Waals surface area contributed by atoms with Gasteiger partial charge in [-0.3, -0.25) is 4.79 Å². The average molecular weight is 397 g/mol. The van der Waals surface area contributed by atoms with Crippen molar-refractivity contribution >= 4 is 27.5 Å². The first-order valence-electron chi connectivity index (χ1n) is 7.96. The molecule has 1 N–H and O–H groups in total.